The topological polar surface area (TPSA) is 75.4 Å². The zero-order chi connectivity index (χ0) is 19.3. The van der Waals surface area contributed by atoms with Crippen molar-refractivity contribution in [2.75, 3.05) is 18.4 Å². The van der Waals surface area contributed by atoms with Crippen LogP contribution in [0.2, 0.25) is 0 Å². The Bertz CT molecular complexity index is 649. The smallest absolute Gasteiger partial charge is 0.333 e. The van der Waals surface area contributed by atoms with Crippen molar-refractivity contribution in [1.29, 1.82) is 0 Å². The molecular weight excluding hydrogens is 347 g/mol. The lowest BCUT2D eigenvalue weighted by molar-refractivity contribution is -0.139. The molecule has 0 saturated heterocycles. The number of anilines is 1. The summed E-state index contributed by atoms with van der Waals surface area (Å²) in [4.78, 5) is 26.2. The van der Waals surface area contributed by atoms with Crippen molar-refractivity contribution in [2.24, 2.45) is 11.7 Å². The summed E-state index contributed by atoms with van der Waals surface area (Å²) in [5.41, 5.74) is 4.68. The maximum atomic E-state index is 13.0. The van der Waals surface area contributed by atoms with E-state index in [0.717, 1.165) is 25.3 Å². The van der Waals surface area contributed by atoms with Gasteiger partial charge in [0.2, 0.25) is 11.8 Å². The Morgan fingerprint density at radius 3 is 2.58 bits per heavy atom. The number of amides is 2. The van der Waals surface area contributed by atoms with Gasteiger partial charge in [0, 0.05) is 18.5 Å². The second-order valence-electron chi connectivity index (χ2n) is 6.57. The molecule has 2 amide bonds. The van der Waals surface area contributed by atoms with Gasteiger partial charge in [0.25, 0.3) is 0 Å². The maximum Gasteiger partial charge on any atom is 0.418 e. The third kappa shape index (κ3) is 5.20. The van der Waals surface area contributed by atoms with Crippen LogP contribution in [0.25, 0.3) is 0 Å². The summed E-state index contributed by atoms with van der Waals surface area (Å²) in [7, 11) is 0. The van der Waals surface area contributed by atoms with Gasteiger partial charge in [0.05, 0.1) is 17.8 Å². The number of nitrogens with one attached hydrogen (secondary N) is 1. The highest BCUT2D eigenvalue weighted by molar-refractivity contribution is 5.95. The van der Waals surface area contributed by atoms with Gasteiger partial charge >= 0.3 is 6.18 Å². The van der Waals surface area contributed by atoms with E-state index in [1.807, 2.05) is 0 Å². The van der Waals surface area contributed by atoms with Crippen LogP contribution in [-0.2, 0) is 15.8 Å². The second kappa shape index (κ2) is 8.53. The van der Waals surface area contributed by atoms with Gasteiger partial charge in [0.15, 0.2) is 0 Å². The number of carbonyl (C=O) groups is 2. The average molecular weight is 371 g/mol. The van der Waals surface area contributed by atoms with Gasteiger partial charge in [-0.15, -0.1) is 0 Å². The number of hydrogen-bond acceptors (Lipinski definition) is 3. The molecule has 26 heavy (non-hydrogen) atoms. The molecule has 2 atom stereocenters. The molecule has 0 heterocycles. The summed E-state index contributed by atoms with van der Waals surface area (Å²) in [6.45, 7) is 1.75. The van der Waals surface area contributed by atoms with Gasteiger partial charge in [-0.2, -0.15) is 13.2 Å². The van der Waals surface area contributed by atoms with Crippen LogP contribution in [-0.4, -0.2) is 35.8 Å². The highest BCUT2D eigenvalue weighted by Gasteiger charge is 2.34. The fourth-order valence-corrected chi connectivity index (χ4v) is 3.26. The van der Waals surface area contributed by atoms with Crippen molar-refractivity contribution in [3.63, 3.8) is 0 Å². The van der Waals surface area contributed by atoms with Crippen molar-refractivity contribution >= 4 is 17.5 Å². The molecule has 0 aliphatic heterocycles. The van der Waals surface area contributed by atoms with Crippen LogP contribution in [0.3, 0.4) is 0 Å². The van der Waals surface area contributed by atoms with Crippen LogP contribution >= 0.6 is 0 Å². The highest BCUT2D eigenvalue weighted by Crippen LogP contribution is 2.34. The number of hydrogen-bond donors (Lipinski definition) is 2. The molecule has 1 aliphatic carbocycles. The zero-order valence-electron chi connectivity index (χ0n) is 14.7. The lowest BCUT2D eigenvalue weighted by atomic mass is 9.85. The Hall–Kier alpha value is -2.09. The number of carbonyl (C=O) groups excluding carboxylic acids is 2. The lowest BCUT2D eigenvalue weighted by Crippen LogP contribution is -2.44. The molecule has 0 aromatic heterocycles. The fourth-order valence-electron chi connectivity index (χ4n) is 3.26. The van der Waals surface area contributed by atoms with Gasteiger partial charge in [-0.1, -0.05) is 18.6 Å². The summed E-state index contributed by atoms with van der Waals surface area (Å²) in [5.74, 6) is -1.05. The quantitative estimate of drug-likeness (QED) is 0.835. The lowest BCUT2D eigenvalue weighted by Gasteiger charge is -2.30. The number of alkyl halides is 3. The first kappa shape index (κ1) is 20.2. The number of likely N-dealkylation sites (N-methyl/N-ethyl adjacent to an activating group) is 1. The molecular formula is C18H24F3N3O2. The number of nitrogens with two attached hydrogens (primary N) is 1. The van der Waals surface area contributed by atoms with Gasteiger partial charge in [-0.3, -0.25) is 9.59 Å². The van der Waals surface area contributed by atoms with E-state index < -0.39 is 17.6 Å². The number of para-hydroxylation sites is 1. The molecule has 3 N–H and O–H groups in total. The van der Waals surface area contributed by atoms with Crippen LogP contribution in [0.1, 0.15) is 38.2 Å². The molecule has 8 heteroatoms. The van der Waals surface area contributed by atoms with Crippen LogP contribution in [0.4, 0.5) is 18.9 Å². The molecule has 1 aromatic rings. The van der Waals surface area contributed by atoms with Gasteiger partial charge in [0.1, 0.15) is 0 Å². The molecule has 1 aromatic carbocycles. The van der Waals surface area contributed by atoms with Gasteiger partial charge in [-0.25, -0.2) is 0 Å². The fraction of sp³-hybridized carbons (Fsp3) is 0.556. The maximum absolute atomic E-state index is 13.0. The minimum Gasteiger partial charge on any atom is -0.333 e. The van der Waals surface area contributed by atoms with Crippen LogP contribution in [0.5, 0.6) is 0 Å². The van der Waals surface area contributed by atoms with Gasteiger partial charge < -0.3 is 16.0 Å². The van der Waals surface area contributed by atoms with Crippen molar-refractivity contribution in [2.45, 2.75) is 44.8 Å². The van der Waals surface area contributed by atoms with Crippen molar-refractivity contribution in [1.82, 2.24) is 4.90 Å². The highest BCUT2D eigenvalue weighted by atomic mass is 19.4. The third-order valence-corrected chi connectivity index (χ3v) is 4.60. The average Bonchev–Trinajstić information content (AvgIpc) is 2.58. The molecule has 0 bridgehead atoms. The molecule has 0 radical (unpaired) electrons. The van der Waals surface area contributed by atoms with E-state index in [-0.39, 0.29) is 30.1 Å². The van der Waals surface area contributed by atoms with E-state index in [2.05, 4.69) is 5.32 Å². The minimum absolute atomic E-state index is 0.0242. The molecule has 5 nitrogen and oxygen atoms in total. The molecule has 1 fully saturated rings. The van der Waals surface area contributed by atoms with E-state index in [4.69, 9.17) is 5.73 Å². The van der Waals surface area contributed by atoms with E-state index in [0.29, 0.717) is 13.0 Å². The normalized spacial score (nSPS) is 20.5. The number of benzene rings is 1. The summed E-state index contributed by atoms with van der Waals surface area (Å²) in [6.07, 6.45) is -1.53. The monoisotopic (exact) mass is 371 g/mol. The first-order chi connectivity index (χ1) is 12.2. The molecule has 2 rings (SSSR count). The second-order valence-corrected chi connectivity index (χ2v) is 6.57. The SMILES string of the molecule is CCN(CC(=O)Nc1ccccc1C(F)(F)F)C(=O)C1CCCC(N)C1. The van der Waals surface area contributed by atoms with Gasteiger partial charge in [-0.05, 0) is 38.3 Å². The number of rotatable bonds is 5. The standard InChI is InChI=1S/C18H24F3N3O2/c1-2-24(17(26)12-6-5-7-13(22)10-12)11-16(25)23-15-9-4-3-8-14(15)18(19,20)21/h3-4,8-9,12-13H,2,5-7,10-11,22H2,1H3,(H,23,25). The van der Waals surface area contributed by atoms with E-state index >= 15 is 0 Å². The van der Waals surface area contributed by atoms with Crippen LogP contribution in [0.15, 0.2) is 24.3 Å². The minimum atomic E-state index is -4.57. The van der Waals surface area contributed by atoms with Crippen molar-refractivity contribution in [3.8, 4) is 0 Å². The van der Waals surface area contributed by atoms with E-state index in [1.54, 1.807) is 6.92 Å². The predicted molar refractivity (Wildman–Crippen MR) is 92.3 cm³/mol. The summed E-state index contributed by atoms with van der Waals surface area (Å²) in [5, 5.41) is 2.27. The Balaban J connectivity index is 2.03. The summed E-state index contributed by atoms with van der Waals surface area (Å²) in [6, 6.07) is 4.74. The first-order valence-electron chi connectivity index (χ1n) is 8.72. The van der Waals surface area contributed by atoms with E-state index in [9.17, 15) is 22.8 Å². The molecule has 144 valence electrons. The Morgan fingerprint density at radius 1 is 1.27 bits per heavy atom. The molecule has 1 aliphatic rings. The first-order valence-corrected chi connectivity index (χ1v) is 8.72. The molecule has 0 spiro atoms. The van der Waals surface area contributed by atoms with Crippen LogP contribution in [0, 0.1) is 5.92 Å². The van der Waals surface area contributed by atoms with E-state index in [1.165, 1.54) is 23.1 Å². The molecule has 2 unspecified atom stereocenters. The Morgan fingerprint density at radius 2 is 1.96 bits per heavy atom. The number of nitrogens with zero attached hydrogens (tertiary/aromatic N) is 1. The largest absolute Gasteiger partial charge is 0.418 e. The Labute approximate surface area is 150 Å². The third-order valence-electron chi connectivity index (χ3n) is 4.60. The summed E-state index contributed by atoms with van der Waals surface area (Å²) < 4.78 is 39.0. The Kier molecular flexibility index (Phi) is 6.63. The van der Waals surface area contributed by atoms with Crippen molar-refractivity contribution < 1.29 is 22.8 Å². The number of halogens is 3. The zero-order valence-corrected chi connectivity index (χ0v) is 14.7. The predicted octanol–water partition coefficient (Wildman–Crippen LogP) is 3.01. The van der Waals surface area contributed by atoms with Crippen molar-refractivity contribution in [3.05, 3.63) is 29.8 Å². The summed E-state index contributed by atoms with van der Waals surface area (Å²) >= 11 is 0. The molecule has 1 saturated carbocycles. The van der Waals surface area contributed by atoms with Crippen LogP contribution < -0.4 is 11.1 Å².